The third-order valence-electron chi connectivity index (χ3n) is 1.62. The normalized spacial score (nSPS) is 11.7. The Morgan fingerprint density at radius 3 is 2.57 bits per heavy atom. The zero-order valence-electron chi connectivity index (χ0n) is 7.08. The van der Waals surface area contributed by atoms with Gasteiger partial charge in [0, 0.05) is 11.8 Å². The minimum atomic E-state index is -4.43. The van der Waals surface area contributed by atoms with Gasteiger partial charge in [-0.05, 0) is 12.1 Å². The first-order valence-electron chi connectivity index (χ1n) is 3.80. The minimum Gasteiger partial charge on any atom is -0.391 e. The van der Waals surface area contributed by atoms with Crippen molar-refractivity contribution in [2.75, 3.05) is 0 Å². The van der Waals surface area contributed by atoms with E-state index in [0.717, 1.165) is 6.20 Å². The van der Waals surface area contributed by atoms with Crippen LogP contribution in [0.3, 0.4) is 0 Å². The highest BCUT2D eigenvalue weighted by atomic mass is 19.4. The van der Waals surface area contributed by atoms with Gasteiger partial charge in [0.25, 0.3) is 5.56 Å². The van der Waals surface area contributed by atoms with Gasteiger partial charge in [0.2, 0.25) is 0 Å². The van der Waals surface area contributed by atoms with Crippen LogP contribution in [0.4, 0.5) is 13.2 Å². The molecule has 1 aromatic rings. The average molecular weight is 207 g/mol. The largest absolute Gasteiger partial charge is 0.406 e. The van der Waals surface area contributed by atoms with Crippen LogP contribution in [-0.2, 0) is 13.2 Å². The monoisotopic (exact) mass is 207 g/mol. The van der Waals surface area contributed by atoms with Crippen LogP contribution in [0.15, 0.2) is 23.1 Å². The fraction of sp³-hybridized carbons (Fsp3) is 0.375. The van der Waals surface area contributed by atoms with Gasteiger partial charge in [-0.2, -0.15) is 13.2 Å². The van der Waals surface area contributed by atoms with E-state index >= 15 is 0 Å². The number of aromatic nitrogens is 1. The Bertz CT molecular complexity index is 370. The molecule has 0 aromatic carbocycles. The van der Waals surface area contributed by atoms with Crippen molar-refractivity contribution in [3.63, 3.8) is 0 Å². The van der Waals surface area contributed by atoms with Crippen LogP contribution in [0.2, 0.25) is 0 Å². The second-order valence-corrected chi connectivity index (χ2v) is 2.74. The Kier molecular flexibility index (Phi) is 2.95. The predicted octanol–water partition coefficient (Wildman–Crippen LogP) is 0.903. The molecule has 6 heteroatoms. The molecule has 0 saturated heterocycles. The number of alkyl halides is 3. The van der Waals surface area contributed by atoms with Crippen molar-refractivity contribution in [2.45, 2.75) is 19.3 Å². The molecule has 78 valence electrons. The van der Waals surface area contributed by atoms with E-state index in [1.165, 1.54) is 12.1 Å². The summed E-state index contributed by atoms with van der Waals surface area (Å²) in [5.41, 5.74) is -0.857. The molecule has 0 aliphatic rings. The van der Waals surface area contributed by atoms with Crippen molar-refractivity contribution in [1.29, 1.82) is 0 Å². The molecule has 0 unspecified atom stereocenters. The lowest BCUT2D eigenvalue weighted by atomic mass is 10.3. The van der Waals surface area contributed by atoms with Crippen molar-refractivity contribution in [3.8, 4) is 0 Å². The van der Waals surface area contributed by atoms with Gasteiger partial charge in [-0.15, -0.1) is 0 Å². The Balaban J connectivity index is 3.05. The summed E-state index contributed by atoms with van der Waals surface area (Å²) in [7, 11) is 0. The summed E-state index contributed by atoms with van der Waals surface area (Å²) < 4.78 is 36.3. The number of hydrogen-bond donors (Lipinski definition) is 1. The predicted molar refractivity (Wildman–Crippen MR) is 42.7 cm³/mol. The third kappa shape index (κ3) is 2.59. The van der Waals surface area contributed by atoms with Gasteiger partial charge < -0.3 is 9.67 Å². The second-order valence-electron chi connectivity index (χ2n) is 2.74. The van der Waals surface area contributed by atoms with E-state index in [0.29, 0.717) is 4.57 Å². The Labute approximate surface area is 77.4 Å². The molecule has 3 nitrogen and oxygen atoms in total. The molecule has 1 heterocycles. The van der Waals surface area contributed by atoms with Gasteiger partial charge in [0.1, 0.15) is 6.54 Å². The van der Waals surface area contributed by atoms with Crippen LogP contribution in [0.5, 0.6) is 0 Å². The maximum absolute atomic E-state index is 11.9. The summed E-state index contributed by atoms with van der Waals surface area (Å²) in [6.07, 6.45) is -3.40. The third-order valence-corrected chi connectivity index (χ3v) is 1.62. The maximum atomic E-state index is 11.9. The van der Waals surface area contributed by atoms with Crippen molar-refractivity contribution in [3.05, 3.63) is 34.2 Å². The molecule has 1 rings (SSSR count). The summed E-state index contributed by atoms with van der Waals surface area (Å²) >= 11 is 0. The standard InChI is InChI=1S/C8H8F3NO2/c9-8(10,11)5-12-3-1-2-6(4-13)7(12)14/h1-3,13H,4-5H2. The average Bonchev–Trinajstić information content (AvgIpc) is 2.06. The number of rotatable bonds is 2. The Hall–Kier alpha value is -1.30. The van der Waals surface area contributed by atoms with Crippen LogP contribution in [0.25, 0.3) is 0 Å². The molecule has 1 aromatic heterocycles. The second kappa shape index (κ2) is 3.83. The SMILES string of the molecule is O=c1c(CO)cccn1CC(F)(F)F. The number of aliphatic hydroxyl groups excluding tert-OH is 1. The first-order valence-corrected chi connectivity index (χ1v) is 3.80. The molecule has 0 atom stereocenters. The molecule has 0 fully saturated rings. The summed E-state index contributed by atoms with van der Waals surface area (Å²) in [6, 6.07) is 2.58. The van der Waals surface area contributed by atoms with Crippen LogP contribution in [0, 0.1) is 0 Å². The van der Waals surface area contributed by atoms with E-state index in [1.54, 1.807) is 0 Å². The molecule has 0 saturated carbocycles. The van der Waals surface area contributed by atoms with E-state index in [-0.39, 0.29) is 5.56 Å². The summed E-state index contributed by atoms with van der Waals surface area (Å²) in [5.74, 6) is 0. The highest BCUT2D eigenvalue weighted by molar-refractivity contribution is 5.08. The number of pyridine rings is 1. The van der Waals surface area contributed by atoms with Crippen molar-refractivity contribution in [1.82, 2.24) is 4.57 Å². The lowest BCUT2D eigenvalue weighted by molar-refractivity contribution is -0.141. The minimum absolute atomic E-state index is 0.0447. The number of halogens is 3. The van der Waals surface area contributed by atoms with Gasteiger partial charge in [0.15, 0.2) is 0 Å². The van der Waals surface area contributed by atoms with E-state index in [4.69, 9.17) is 5.11 Å². The van der Waals surface area contributed by atoms with E-state index in [2.05, 4.69) is 0 Å². The van der Waals surface area contributed by atoms with Crippen LogP contribution < -0.4 is 5.56 Å². The lowest BCUT2D eigenvalue weighted by Gasteiger charge is -2.09. The first-order chi connectivity index (χ1) is 6.44. The summed E-state index contributed by atoms with van der Waals surface area (Å²) in [5, 5.41) is 8.65. The summed E-state index contributed by atoms with van der Waals surface area (Å²) in [6.45, 7) is -1.89. The summed E-state index contributed by atoms with van der Waals surface area (Å²) in [4.78, 5) is 11.2. The number of aliphatic hydroxyl groups is 1. The molecule has 0 spiro atoms. The molecule has 1 N–H and O–H groups in total. The van der Waals surface area contributed by atoms with E-state index in [1.807, 2.05) is 0 Å². The highest BCUT2D eigenvalue weighted by Crippen LogP contribution is 2.16. The van der Waals surface area contributed by atoms with Crippen molar-refractivity contribution >= 4 is 0 Å². The smallest absolute Gasteiger partial charge is 0.391 e. The molecule has 0 aliphatic heterocycles. The number of nitrogens with zero attached hydrogens (tertiary/aromatic N) is 1. The first kappa shape index (κ1) is 10.8. The molecule has 0 aliphatic carbocycles. The van der Waals surface area contributed by atoms with Gasteiger partial charge in [-0.25, -0.2) is 0 Å². The van der Waals surface area contributed by atoms with Crippen molar-refractivity contribution in [2.24, 2.45) is 0 Å². The van der Waals surface area contributed by atoms with Gasteiger partial charge in [-0.3, -0.25) is 4.79 Å². The molecular formula is C8H8F3NO2. The van der Waals surface area contributed by atoms with E-state index < -0.39 is 24.9 Å². The van der Waals surface area contributed by atoms with Gasteiger partial charge in [0.05, 0.1) is 6.61 Å². The lowest BCUT2D eigenvalue weighted by Crippen LogP contribution is -2.29. The molecule has 0 bridgehead atoms. The highest BCUT2D eigenvalue weighted by Gasteiger charge is 2.28. The zero-order valence-corrected chi connectivity index (χ0v) is 7.08. The molecular weight excluding hydrogens is 199 g/mol. The number of hydrogen-bond acceptors (Lipinski definition) is 2. The fourth-order valence-corrected chi connectivity index (χ4v) is 1.02. The van der Waals surface area contributed by atoms with E-state index in [9.17, 15) is 18.0 Å². The van der Waals surface area contributed by atoms with Gasteiger partial charge in [-0.1, -0.05) is 0 Å². The molecule has 0 radical (unpaired) electrons. The molecule has 0 amide bonds. The Morgan fingerprint density at radius 1 is 1.43 bits per heavy atom. The maximum Gasteiger partial charge on any atom is 0.406 e. The van der Waals surface area contributed by atoms with Crippen LogP contribution in [-0.4, -0.2) is 15.8 Å². The van der Waals surface area contributed by atoms with Gasteiger partial charge >= 0.3 is 6.18 Å². The fourth-order valence-electron chi connectivity index (χ4n) is 1.02. The van der Waals surface area contributed by atoms with Crippen LogP contribution >= 0.6 is 0 Å². The zero-order chi connectivity index (χ0) is 10.8. The molecule has 14 heavy (non-hydrogen) atoms. The van der Waals surface area contributed by atoms with Crippen LogP contribution in [0.1, 0.15) is 5.56 Å². The quantitative estimate of drug-likeness (QED) is 0.782. The topological polar surface area (TPSA) is 42.2 Å². The Morgan fingerprint density at radius 2 is 2.07 bits per heavy atom. The van der Waals surface area contributed by atoms with Crippen molar-refractivity contribution < 1.29 is 18.3 Å².